The highest BCUT2D eigenvalue weighted by Gasteiger charge is 2.15. The molecular weight excluding hydrogens is 318 g/mol. The molecule has 0 aliphatic carbocycles. The molecule has 0 amide bonds. The quantitative estimate of drug-likeness (QED) is 0.612. The lowest BCUT2D eigenvalue weighted by molar-refractivity contribution is 0.156. The third-order valence-electron chi connectivity index (χ3n) is 2.38. The Morgan fingerprint density at radius 3 is 2.61 bits per heavy atom. The Morgan fingerprint density at radius 1 is 1.28 bits per heavy atom. The van der Waals surface area contributed by atoms with Crippen molar-refractivity contribution in [2.45, 2.75) is 18.7 Å². The average Bonchev–Trinajstić information content (AvgIpc) is 2.28. The number of benzene rings is 1. The number of nitrogens with one attached hydrogen (secondary N) is 1. The Labute approximate surface area is 117 Å². The number of hydrogen-bond acceptors (Lipinski definition) is 3. The van der Waals surface area contributed by atoms with Gasteiger partial charge in [-0.3, -0.25) is 0 Å². The number of alkyl halides is 1. The van der Waals surface area contributed by atoms with Crippen molar-refractivity contribution in [2.24, 2.45) is 0 Å². The van der Waals surface area contributed by atoms with Crippen LogP contribution in [0.15, 0.2) is 23.1 Å². The first-order chi connectivity index (χ1) is 8.47. The van der Waals surface area contributed by atoms with E-state index in [4.69, 9.17) is 4.74 Å². The standard InChI is InChI=1S/C12H18BrNO3S/c1-10-3-4-12(11(2)9-10)18(15,16)14-6-8-17-7-5-13/h3-4,9,14H,5-8H2,1-2H3. The van der Waals surface area contributed by atoms with E-state index >= 15 is 0 Å². The van der Waals surface area contributed by atoms with Crippen LogP contribution in [0, 0.1) is 13.8 Å². The van der Waals surface area contributed by atoms with Crippen molar-refractivity contribution in [3.63, 3.8) is 0 Å². The molecule has 0 spiro atoms. The highest BCUT2D eigenvalue weighted by Crippen LogP contribution is 2.15. The number of aryl methyl sites for hydroxylation is 2. The molecule has 1 aromatic rings. The summed E-state index contributed by atoms with van der Waals surface area (Å²) in [6.45, 7) is 4.96. The molecule has 0 atom stereocenters. The molecule has 0 saturated heterocycles. The van der Waals surface area contributed by atoms with Crippen molar-refractivity contribution < 1.29 is 13.2 Å². The summed E-state index contributed by atoms with van der Waals surface area (Å²) in [7, 11) is -3.44. The van der Waals surface area contributed by atoms with Crippen LogP contribution in [0.2, 0.25) is 0 Å². The van der Waals surface area contributed by atoms with Crippen LogP contribution in [0.4, 0.5) is 0 Å². The Balaban J connectivity index is 2.63. The first kappa shape index (κ1) is 15.6. The van der Waals surface area contributed by atoms with Gasteiger partial charge in [0.15, 0.2) is 0 Å². The minimum absolute atomic E-state index is 0.280. The summed E-state index contributed by atoms with van der Waals surface area (Å²) < 4.78 is 31.8. The fraction of sp³-hybridized carbons (Fsp3) is 0.500. The minimum atomic E-state index is -3.44. The summed E-state index contributed by atoms with van der Waals surface area (Å²) in [6.07, 6.45) is 0. The molecule has 0 saturated carbocycles. The normalized spacial score (nSPS) is 11.7. The third-order valence-corrected chi connectivity index (χ3v) is 4.32. The summed E-state index contributed by atoms with van der Waals surface area (Å²) in [4.78, 5) is 0.327. The van der Waals surface area contributed by atoms with Gasteiger partial charge in [-0.15, -0.1) is 0 Å². The van der Waals surface area contributed by atoms with Gasteiger partial charge in [0.1, 0.15) is 0 Å². The molecule has 0 aliphatic rings. The maximum Gasteiger partial charge on any atom is 0.240 e. The van der Waals surface area contributed by atoms with Gasteiger partial charge in [-0.1, -0.05) is 33.6 Å². The Hall–Kier alpha value is -0.430. The molecule has 0 radical (unpaired) electrons. The summed E-state index contributed by atoms with van der Waals surface area (Å²) >= 11 is 3.23. The molecule has 4 nitrogen and oxygen atoms in total. The van der Waals surface area contributed by atoms with E-state index in [1.54, 1.807) is 19.1 Å². The Bertz CT molecular complexity index is 488. The molecule has 18 heavy (non-hydrogen) atoms. The van der Waals surface area contributed by atoms with Crippen molar-refractivity contribution in [1.29, 1.82) is 0 Å². The highest BCUT2D eigenvalue weighted by molar-refractivity contribution is 9.09. The average molecular weight is 336 g/mol. The van der Waals surface area contributed by atoms with Crippen LogP contribution in [0.5, 0.6) is 0 Å². The Kier molecular flexibility index (Phi) is 6.28. The lowest BCUT2D eigenvalue weighted by Gasteiger charge is -2.10. The van der Waals surface area contributed by atoms with E-state index in [1.807, 2.05) is 13.0 Å². The predicted molar refractivity (Wildman–Crippen MR) is 75.7 cm³/mol. The SMILES string of the molecule is Cc1ccc(S(=O)(=O)NCCOCCBr)c(C)c1. The molecule has 0 unspecified atom stereocenters. The van der Waals surface area contributed by atoms with E-state index in [0.29, 0.717) is 18.1 Å². The van der Waals surface area contributed by atoms with Crippen LogP contribution in [0.3, 0.4) is 0 Å². The third kappa shape index (κ3) is 4.68. The van der Waals surface area contributed by atoms with E-state index in [0.717, 1.165) is 16.5 Å². The maximum atomic E-state index is 12.0. The van der Waals surface area contributed by atoms with Gasteiger partial charge in [-0.2, -0.15) is 0 Å². The lowest BCUT2D eigenvalue weighted by atomic mass is 10.2. The van der Waals surface area contributed by atoms with Gasteiger partial charge in [0.2, 0.25) is 10.0 Å². The van der Waals surface area contributed by atoms with E-state index in [-0.39, 0.29) is 6.54 Å². The van der Waals surface area contributed by atoms with Gasteiger partial charge < -0.3 is 4.74 Å². The first-order valence-corrected chi connectivity index (χ1v) is 8.28. The smallest absolute Gasteiger partial charge is 0.240 e. The van der Waals surface area contributed by atoms with E-state index in [1.165, 1.54) is 0 Å². The molecule has 102 valence electrons. The van der Waals surface area contributed by atoms with Crippen molar-refractivity contribution >= 4 is 26.0 Å². The van der Waals surface area contributed by atoms with Crippen LogP contribution in [-0.4, -0.2) is 33.5 Å². The molecule has 1 N–H and O–H groups in total. The van der Waals surface area contributed by atoms with E-state index < -0.39 is 10.0 Å². The minimum Gasteiger partial charge on any atom is -0.379 e. The molecular formula is C12H18BrNO3S. The van der Waals surface area contributed by atoms with Gasteiger partial charge in [0.25, 0.3) is 0 Å². The molecule has 0 heterocycles. The van der Waals surface area contributed by atoms with Crippen LogP contribution < -0.4 is 4.72 Å². The maximum absolute atomic E-state index is 12.0. The molecule has 0 aliphatic heterocycles. The fourth-order valence-electron chi connectivity index (χ4n) is 1.58. The zero-order valence-corrected chi connectivity index (χ0v) is 13.0. The van der Waals surface area contributed by atoms with Crippen LogP contribution in [-0.2, 0) is 14.8 Å². The zero-order chi connectivity index (χ0) is 13.6. The van der Waals surface area contributed by atoms with Gasteiger partial charge in [0.05, 0.1) is 18.1 Å². The largest absolute Gasteiger partial charge is 0.379 e. The summed E-state index contributed by atoms with van der Waals surface area (Å²) in [5, 5.41) is 0.747. The fourth-order valence-corrected chi connectivity index (χ4v) is 3.05. The summed E-state index contributed by atoms with van der Waals surface area (Å²) in [5.41, 5.74) is 1.80. The predicted octanol–water partition coefficient (Wildman–Crippen LogP) is 1.99. The second-order valence-electron chi connectivity index (χ2n) is 3.97. The second kappa shape index (κ2) is 7.23. The molecule has 1 rings (SSSR count). The van der Waals surface area contributed by atoms with Crippen LogP contribution in [0.25, 0.3) is 0 Å². The van der Waals surface area contributed by atoms with Gasteiger partial charge in [-0.05, 0) is 25.5 Å². The van der Waals surface area contributed by atoms with Crippen LogP contribution >= 0.6 is 15.9 Å². The monoisotopic (exact) mass is 335 g/mol. The topological polar surface area (TPSA) is 55.4 Å². The lowest BCUT2D eigenvalue weighted by Crippen LogP contribution is -2.28. The molecule has 0 fully saturated rings. The zero-order valence-electron chi connectivity index (χ0n) is 10.6. The number of halogens is 1. The number of rotatable bonds is 7. The molecule has 0 bridgehead atoms. The van der Waals surface area contributed by atoms with Crippen molar-refractivity contribution in [3.05, 3.63) is 29.3 Å². The second-order valence-corrected chi connectivity index (χ2v) is 6.50. The van der Waals surface area contributed by atoms with Gasteiger partial charge in [-0.25, -0.2) is 13.1 Å². The molecule has 6 heteroatoms. The van der Waals surface area contributed by atoms with Crippen molar-refractivity contribution in [2.75, 3.05) is 25.1 Å². The first-order valence-electron chi connectivity index (χ1n) is 5.68. The number of ether oxygens (including phenoxy) is 1. The van der Waals surface area contributed by atoms with Crippen molar-refractivity contribution in [3.8, 4) is 0 Å². The number of hydrogen-bond donors (Lipinski definition) is 1. The van der Waals surface area contributed by atoms with Gasteiger partial charge >= 0.3 is 0 Å². The molecule has 0 aromatic heterocycles. The van der Waals surface area contributed by atoms with Crippen molar-refractivity contribution in [1.82, 2.24) is 4.72 Å². The summed E-state index contributed by atoms with van der Waals surface area (Å²) in [6, 6.07) is 5.28. The summed E-state index contributed by atoms with van der Waals surface area (Å²) in [5.74, 6) is 0. The number of sulfonamides is 1. The molecule has 1 aromatic carbocycles. The highest BCUT2D eigenvalue weighted by atomic mass is 79.9. The Morgan fingerprint density at radius 2 is 2.00 bits per heavy atom. The van der Waals surface area contributed by atoms with Gasteiger partial charge in [0, 0.05) is 11.9 Å². The van der Waals surface area contributed by atoms with Crippen LogP contribution in [0.1, 0.15) is 11.1 Å². The van der Waals surface area contributed by atoms with E-state index in [2.05, 4.69) is 20.7 Å². The van der Waals surface area contributed by atoms with E-state index in [9.17, 15) is 8.42 Å².